The normalized spacial score (nSPS) is 19.5. The fraction of sp³-hybridized carbons (Fsp3) is 0.667. The van der Waals surface area contributed by atoms with Crippen LogP contribution in [-0.4, -0.2) is 59.2 Å². The third kappa shape index (κ3) is 8.54. The van der Waals surface area contributed by atoms with Crippen molar-refractivity contribution in [2.45, 2.75) is 69.0 Å². The molecule has 1 aliphatic rings. The van der Waals surface area contributed by atoms with Crippen molar-refractivity contribution in [3.8, 4) is 0 Å². The average Bonchev–Trinajstić information content (AvgIpc) is 2.63. The van der Waals surface area contributed by atoms with Crippen molar-refractivity contribution in [3.05, 3.63) is 30.3 Å². The van der Waals surface area contributed by atoms with Crippen LogP contribution in [0.3, 0.4) is 0 Å². The van der Waals surface area contributed by atoms with E-state index in [1.807, 2.05) is 39.0 Å². The molecule has 27 heavy (non-hydrogen) atoms. The van der Waals surface area contributed by atoms with Gasteiger partial charge in [0.05, 0.1) is 6.61 Å². The van der Waals surface area contributed by atoms with Crippen molar-refractivity contribution in [2.24, 2.45) is 0 Å². The molecule has 152 valence electrons. The first-order valence-corrected chi connectivity index (χ1v) is 10.9. The van der Waals surface area contributed by atoms with E-state index < -0.39 is 5.60 Å². The van der Waals surface area contributed by atoms with Crippen LogP contribution in [0.2, 0.25) is 0 Å². The van der Waals surface area contributed by atoms with Gasteiger partial charge >= 0.3 is 6.09 Å². The smallest absolute Gasteiger partial charge is 0.407 e. The van der Waals surface area contributed by atoms with Crippen molar-refractivity contribution in [1.29, 1.82) is 0 Å². The maximum absolute atomic E-state index is 12.3. The number of ether oxygens (including phenoxy) is 1. The van der Waals surface area contributed by atoms with Gasteiger partial charge in [0, 0.05) is 29.3 Å². The van der Waals surface area contributed by atoms with Crippen molar-refractivity contribution >= 4 is 17.9 Å². The molecule has 0 spiro atoms. The second-order valence-electron chi connectivity index (χ2n) is 8.12. The van der Waals surface area contributed by atoms with Crippen molar-refractivity contribution in [2.75, 3.05) is 25.4 Å². The number of aliphatic hydroxyl groups excluding tert-OH is 1. The molecule has 5 nitrogen and oxygen atoms in total. The lowest BCUT2D eigenvalue weighted by Crippen LogP contribution is -2.46. The van der Waals surface area contributed by atoms with E-state index in [0.29, 0.717) is 0 Å². The Bertz CT molecular complexity index is 562. The minimum absolute atomic E-state index is 0.0197. The number of aliphatic hydroxyl groups is 1. The molecule has 0 saturated carbocycles. The van der Waals surface area contributed by atoms with Crippen LogP contribution < -0.4 is 5.32 Å². The summed E-state index contributed by atoms with van der Waals surface area (Å²) in [6, 6.07) is 10.5. The van der Waals surface area contributed by atoms with E-state index in [0.717, 1.165) is 31.7 Å². The highest BCUT2D eigenvalue weighted by atomic mass is 32.2. The largest absolute Gasteiger partial charge is 0.444 e. The Morgan fingerprint density at radius 2 is 2.07 bits per heavy atom. The topological polar surface area (TPSA) is 61.8 Å². The van der Waals surface area contributed by atoms with Crippen LogP contribution in [0, 0.1) is 0 Å². The van der Waals surface area contributed by atoms with E-state index in [1.165, 1.54) is 17.7 Å². The first-order valence-electron chi connectivity index (χ1n) is 9.89. The fourth-order valence-electron chi connectivity index (χ4n) is 3.27. The lowest BCUT2D eigenvalue weighted by atomic mass is 10.0. The Hall–Kier alpha value is -1.24. The minimum Gasteiger partial charge on any atom is -0.444 e. The molecule has 1 aromatic carbocycles. The Kier molecular flexibility index (Phi) is 8.93. The number of nitrogens with one attached hydrogen (secondary N) is 1. The highest BCUT2D eigenvalue weighted by Crippen LogP contribution is 2.21. The number of rotatable bonds is 8. The van der Waals surface area contributed by atoms with Gasteiger partial charge in [-0.2, -0.15) is 0 Å². The van der Waals surface area contributed by atoms with Crippen LogP contribution in [0.1, 0.15) is 46.5 Å². The van der Waals surface area contributed by atoms with E-state index >= 15 is 0 Å². The number of thioether (sulfide) groups is 1. The summed E-state index contributed by atoms with van der Waals surface area (Å²) in [6.07, 6.45) is 3.90. The number of carbonyl (C=O) groups excluding carboxylic acids is 1. The number of hydrogen-bond acceptors (Lipinski definition) is 5. The Morgan fingerprint density at radius 3 is 2.74 bits per heavy atom. The molecule has 0 radical (unpaired) electrons. The third-order valence-corrected chi connectivity index (χ3v) is 5.81. The van der Waals surface area contributed by atoms with Crippen LogP contribution in [0.15, 0.2) is 35.2 Å². The molecule has 2 N–H and O–H groups in total. The van der Waals surface area contributed by atoms with Crippen molar-refractivity contribution in [3.63, 3.8) is 0 Å². The van der Waals surface area contributed by atoms with E-state index in [1.54, 1.807) is 11.8 Å². The summed E-state index contributed by atoms with van der Waals surface area (Å²) in [7, 11) is 0. The lowest BCUT2D eigenvalue weighted by Gasteiger charge is -2.35. The summed E-state index contributed by atoms with van der Waals surface area (Å²) in [6.45, 7) is 7.74. The summed E-state index contributed by atoms with van der Waals surface area (Å²) in [5, 5.41) is 12.7. The number of hydrogen-bond donors (Lipinski definition) is 2. The summed E-state index contributed by atoms with van der Waals surface area (Å²) in [5.41, 5.74) is -0.504. The maximum atomic E-state index is 12.3. The van der Waals surface area contributed by atoms with Crippen molar-refractivity contribution in [1.82, 2.24) is 10.2 Å². The van der Waals surface area contributed by atoms with E-state index in [9.17, 15) is 9.90 Å². The molecular formula is C21H34N2O3S. The number of nitrogens with zero attached hydrogens (tertiary/aromatic N) is 1. The standard InChI is InChI=1S/C21H34N2O3S/c1-21(2,3)26-20(25)22-17(16-27-19-10-5-4-6-11-19)12-14-23-13-8-7-9-18(23)15-24/h4-6,10-11,17-18,24H,7-9,12-16H2,1-3H3,(H,22,25)/t17-,18?/m1/s1. The number of piperidine rings is 1. The molecule has 2 rings (SSSR count). The number of alkyl carbamates (subject to hydrolysis) is 1. The van der Waals surface area contributed by atoms with Crippen LogP contribution in [0.4, 0.5) is 4.79 Å². The minimum atomic E-state index is -0.504. The fourth-order valence-corrected chi connectivity index (χ4v) is 4.26. The van der Waals surface area contributed by atoms with Gasteiger partial charge < -0.3 is 15.2 Å². The van der Waals surface area contributed by atoms with Gasteiger partial charge in [0.25, 0.3) is 0 Å². The molecule has 2 atom stereocenters. The molecule has 0 bridgehead atoms. The monoisotopic (exact) mass is 394 g/mol. The zero-order valence-corrected chi connectivity index (χ0v) is 17.6. The van der Waals surface area contributed by atoms with Gasteiger partial charge in [0.15, 0.2) is 0 Å². The van der Waals surface area contributed by atoms with Gasteiger partial charge in [-0.25, -0.2) is 4.79 Å². The first kappa shape index (κ1) is 22.1. The molecule has 1 amide bonds. The van der Waals surface area contributed by atoms with Gasteiger partial charge in [0.2, 0.25) is 0 Å². The molecule has 0 aliphatic carbocycles. The molecule has 0 aromatic heterocycles. The van der Waals surface area contributed by atoms with E-state index in [-0.39, 0.29) is 24.8 Å². The highest BCUT2D eigenvalue weighted by molar-refractivity contribution is 7.99. The average molecular weight is 395 g/mol. The Morgan fingerprint density at radius 1 is 1.33 bits per heavy atom. The van der Waals surface area contributed by atoms with Crippen LogP contribution in [0.25, 0.3) is 0 Å². The number of likely N-dealkylation sites (tertiary alicyclic amines) is 1. The molecule has 1 saturated heterocycles. The van der Waals surface area contributed by atoms with Gasteiger partial charge in [0.1, 0.15) is 5.60 Å². The lowest BCUT2D eigenvalue weighted by molar-refractivity contribution is 0.0493. The van der Waals surface area contributed by atoms with Gasteiger partial charge in [-0.3, -0.25) is 4.90 Å². The molecule has 1 unspecified atom stereocenters. The quantitative estimate of drug-likeness (QED) is 0.655. The van der Waals surface area contributed by atoms with Gasteiger partial charge in [-0.05, 0) is 58.7 Å². The summed E-state index contributed by atoms with van der Waals surface area (Å²) in [5.74, 6) is 0.793. The molecule has 1 aliphatic heterocycles. The SMILES string of the molecule is CC(C)(C)OC(=O)N[C@H](CCN1CCCCC1CO)CSc1ccccc1. The molecule has 1 aromatic rings. The zero-order valence-electron chi connectivity index (χ0n) is 16.8. The highest BCUT2D eigenvalue weighted by Gasteiger charge is 2.24. The third-order valence-electron chi connectivity index (χ3n) is 4.64. The van der Waals surface area contributed by atoms with Crippen LogP contribution in [0.5, 0.6) is 0 Å². The number of benzene rings is 1. The van der Waals surface area contributed by atoms with Crippen LogP contribution in [-0.2, 0) is 4.74 Å². The van der Waals surface area contributed by atoms with Gasteiger partial charge in [-0.1, -0.05) is 24.6 Å². The Labute approximate surface area is 167 Å². The molecule has 6 heteroatoms. The second-order valence-corrected chi connectivity index (χ2v) is 9.22. The number of carbonyl (C=O) groups is 1. The maximum Gasteiger partial charge on any atom is 0.407 e. The summed E-state index contributed by atoms with van der Waals surface area (Å²) in [4.78, 5) is 15.8. The molecule has 1 fully saturated rings. The molecule has 1 heterocycles. The van der Waals surface area contributed by atoms with Crippen molar-refractivity contribution < 1.29 is 14.6 Å². The van der Waals surface area contributed by atoms with E-state index in [2.05, 4.69) is 22.3 Å². The second kappa shape index (κ2) is 10.9. The summed E-state index contributed by atoms with van der Waals surface area (Å²) >= 11 is 1.74. The zero-order chi connectivity index (χ0) is 19.7. The number of amides is 1. The van der Waals surface area contributed by atoms with Crippen LogP contribution >= 0.6 is 11.8 Å². The summed E-state index contributed by atoms with van der Waals surface area (Å²) < 4.78 is 5.44. The predicted octanol–water partition coefficient (Wildman–Crippen LogP) is 3.91. The first-order chi connectivity index (χ1) is 12.9. The van der Waals surface area contributed by atoms with Gasteiger partial charge in [-0.15, -0.1) is 11.8 Å². The van der Waals surface area contributed by atoms with E-state index in [4.69, 9.17) is 4.74 Å². The Balaban J connectivity index is 1.92. The predicted molar refractivity (Wildman–Crippen MR) is 111 cm³/mol. The molecular weight excluding hydrogens is 360 g/mol.